The van der Waals surface area contributed by atoms with Crippen molar-refractivity contribution in [3.8, 4) is 23.0 Å². The molecule has 0 atom stereocenters. The Balaban J connectivity index is 1.43. The highest BCUT2D eigenvalue weighted by Gasteiger charge is 2.16. The van der Waals surface area contributed by atoms with E-state index in [9.17, 15) is 4.79 Å². The zero-order valence-corrected chi connectivity index (χ0v) is 18.0. The quantitative estimate of drug-likeness (QED) is 0.401. The lowest BCUT2D eigenvalue weighted by atomic mass is 10.1. The fourth-order valence-corrected chi connectivity index (χ4v) is 4.07. The molecular formula is C23H12ClN9O. The van der Waals surface area contributed by atoms with Crippen molar-refractivity contribution >= 4 is 28.7 Å². The molecule has 1 aliphatic heterocycles. The minimum absolute atomic E-state index is 0.422. The number of carbonyl (C=O) groups excluding carboxylic acids is 1. The van der Waals surface area contributed by atoms with Crippen LogP contribution >= 0.6 is 11.6 Å². The molecule has 3 aromatic heterocycles. The lowest BCUT2D eigenvalue weighted by molar-refractivity contribution is 0.256. The Morgan fingerprint density at radius 2 is 1.91 bits per heavy atom. The maximum atomic E-state index is 11.5. The third kappa shape index (κ3) is 3.32. The SMILES string of the molecule is N#Cc1ccc(Cn2nccc2-c2cc(Cl)c3nnn(-c4ccc5c(c4)=NC(=O)N=5)c3c2)nc1. The molecule has 1 aliphatic rings. The van der Waals surface area contributed by atoms with Gasteiger partial charge in [-0.1, -0.05) is 16.8 Å². The second-order valence-corrected chi connectivity index (χ2v) is 7.94. The van der Waals surface area contributed by atoms with Crippen molar-refractivity contribution in [3.63, 3.8) is 0 Å². The van der Waals surface area contributed by atoms with Crippen molar-refractivity contribution < 1.29 is 4.79 Å². The van der Waals surface area contributed by atoms with Crippen LogP contribution in [0.2, 0.25) is 5.02 Å². The summed E-state index contributed by atoms with van der Waals surface area (Å²) >= 11 is 6.57. The number of carbonyl (C=O) groups is 1. The monoisotopic (exact) mass is 465 g/mol. The molecule has 0 saturated carbocycles. The first-order chi connectivity index (χ1) is 16.6. The van der Waals surface area contributed by atoms with Crippen LogP contribution < -0.4 is 10.7 Å². The maximum absolute atomic E-state index is 11.5. The molecule has 0 fully saturated rings. The lowest BCUT2D eigenvalue weighted by Crippen LogP contribution is -2.22. The molecule has 0 unspecified atom stereocenters. The number of aromatic nitrogens is 6. The third-order valence-electron chi connectivity index (χ3n) is 5.42. The van der Waals surface area contributed by atoms with Crippen molar-refractivity contribution in [2.24, 2.45) is 9.98 Å². The van der Waals surface area contributed by atoms with E-state index in [1.807, 2.05) is 18.2 Å². The van der Waals surface area contributed by atoms with Crippen molar-refractivity contribution in [1.82, 2.24) is 29.8 Å². The second-order valence-electron chi connectivity index (χ2n) is 7.53. The van der Waals surface area contributed by atoms with Gasteiger partial charge >= 0.3 is 6.03 Å². The lowest BCUT2D eigenvalue weighted by Gasteiger charge is -2.09. The number of rotatable bonds is 4. The van der Waals surface area contributed by atoms with E-state index in [1.165, 1.54) is 6.20 Å². The van der Waals surface area contributed by atoms with Gasteiger partial charge in [-0.2, -0.15) is 20.3 Å². The molecule has 4 heterocycles. The number of fused-ring (bicyclic) bond motifs is 2. The van der Waals surface area contributed by atoms with E-state index in [0.29, 0.717) is 44.6 Å². The first kappa shape index (κ1) is 19.9. The summed E-state index contributed by atoms with van der Waals surface area (Å²) in [5.74, 6) is 0. The van der Waals surface area contributed by atoms with E-state index >= 15 is 0 Å². The van der Waals surface area contributed by atoms with Crippen molar-refractivity contribution in [1.29, 1.82) is 5.26 Å². The smallest absolute Gasteiger partial charge is 0.259 e. The van der Waals surface area contributed by atoms with E-state index in [0.717, 1.165) is 17.0 Å². The number of hydrogen-bond acceptors (Lipinski definition) is 6. The van der Waals surface area contributed by atoms with Crippen LogP contribution in [0.4, 0.5) is 4.79 Å². The van der Waals surface area contributed by atoms with Crippen LogP contribution in [0.3, 0.4) is 0 Å². The fraction of sp³-hybridized carbons (Fsp3) is 0.0435. The minimum Gasteiger partial charge on any atom is -0.259 e. The standard InChI is InChI=1S/C23H12ClN9O/c24-17-7-14(20-5-6-27-32(20)12-15-2-1-13(10-25)11-26-15)8-21-22(17)30-31-33(21)16-3-4-18-19(9-16)29-23(34)28-18/h1-9,11H,12H2. The van der Waals surface area contributed by atoms with Crippen molar-refractivity contribution in [2.75, 3.05) is 0 Å². The molecule has 5 aromatic rings. The molecule has 0 N–H and O–H groups in total. The first-order valence-corrected chi connectivity index (χ1v) is 10.5. The van der Waals surface area contributed by atoms with Gasteiger partial charge in [0.05, 0.1) is 50.4 Å². The maximum Gasteiger partial charge on any atom is 0.368 e. The van der Waals surface area contributed by atoms with Crippen LogP contribution in [0.15, 0.2) is 70.9 Å². The second kappa shape index (κ2) is 7.68. The van der Waals surface area contributed by atoms with Gasteiger partial charge in [-0.15, -0.1) is 5.10 Å². The number of nitriles is 1. The molecule has 11 heteroatoms. The highest BCUT2D eigenvalue weighted by molar-refractivity contribution is 6.35. The molecule has 2 aromatic carbocycles. The van der Waals surface area contributed by atoms with E-state index in [-0.39, 0.29) is 0 Å². The summed E-state index contributed by atoms with van der Waals surface area (Å²) < 4.78 is 3.45. The number of benzene rings is 2. The molecule has 10 nitrogen and oxygen atoms in total. The van der Waals surface area contributed by atoms with Crippen LogP contribution in [0, 0.1) is 11.3 Å². The predicted molar refractivity (Wildman–Crippen MR) is 121 cm³/mol. The number of urea groups is 1. The molecule has 0 spiro atoms. The Labute approximate surface area is 196 Å². The third-order valence-corrected chi connectivity index (χ3v) is 5.71. The number of nitrogens with zero attached hydrogens (tertiary/aromatic N) is 9. The molecule has 0 radical (unpaired) electrons. The number of amides is 2. The van der Waals surface area contributed by atoms with E-state index in [4.69, 9.17) is 16.9 Å². The van der Waals surface area contributed by atoms with Gasteiger partial charge in [0.1, 0.15) is 11.6 Å². The molecule has 0 saturated heterocycles. The average molecular weight is 466 g/mol. The van der Waals surface area contributed by atoms with Crippen LogP contribution in [0.1, 0.15) is 11.3 Å². The molecule has 6 rings (SSSR count). The van der Waals surface area contributed by atoms with E-state index < -0.39 is 6.03 Å². The van der Waals surface area contributed by atoms with Crippen molar-refractivity contribution in [2.45, 2.75) is 6.54 Å². The van der Waals surface area contributed by atoms with E-state index in [2.05, 4.69) is 36.4 Å². The van der Waals surface area contributed by atoms with Crippen LogP contribution in [0.25, 0.3) is 28.0 Å². The average Bonchev–Trinajstić information content (AvgIpc) is 3.56. The van der Waals surface area contributed by atoms with Crippen molar-refractivity contribution in [3.05, 3.63) is 87.9 Å². The Bertz CT molecular complexity index is 1780. The molecular weight excluding hydrogens is 454 g/mol. The van der Waals surface area contributed by atoms with Gasteiger partial charge < -0.3 is 0 Å². The first-order valence-electron chi connectivity index (χ1n) is 10.1. The largest absolute Gasteiger partial charge is 0.368 e. The van der Waals surface area contributed by atoms with Gasteiger partial charge in [0.2, 0.25) is 0 Å². The molecule has 162 valence electrons. The van der Waals surface area contributed by atoms with Gasteiger partial charge in [0, 0.05) is 18.0 Å². The summed E-state index contributed by atoms with van der Waals surface area (Å²) in [6, 6.07) is 16.0. The summed E-state index contributed by atoms with van der Waals surface area (Å²) in [5, 5.41) is 23.4. The Hall–Kier alpha value is -4.75. The Kier molecular flexibility index (Phi) is 4.50. The predicted octanol–water partition coefficient (Wildman–Crippen LogP) is 2.63. The number of hydrogen-bond donors (Lipinski definition) is 0. The zero-order valence-electron chi connectivity index (χ0n) is 17.3. The highest BCUT2D eigenvalue weighted by Crippen LogP contribution is 2.30. The van der Waals surface area contributed by atoms with Crippen LogP contribution in [-0.4, -0.2) is 35.8 Å². The van der Waals surface area contributed by atoms with Gasteiger partial charge in [-0.25, -0.2) is 9.48 Å². The zero-order chi connectivity index (χ0) is 23.2. The topological polar surface area (TPSA) is 127 Å². The van der Waals surface area contributed by atoms with Crippen LogP contribution in [-0.2, 0) is 6.54 Å². The summed E-state index contributed by atoms with van der Waals surface area (Å²) in [6.45, 7) is 0.422. The summed E-state index contributed by atoms with van der Waals surface area (Å²) in [5.41, 5.74) is 4.83. The Morgan fingerprint density at radius 3 is 2.74 bits per heavy atom. The van der Waals surface area contributed by atoms with E-state index in [1.54, 1.807) is 45.9 Å². The van der Waals surface area contributed by atoms with Gasteiger partial charge in [-0.05, 0) is 48.5 Å². The van der Waals surface area contributed by atoms with Gasteiger partial charge in [-0.3, -0.25) is 9.67 Å². The van der Waals surface area contributed by atoms with Crippen LogP contribution in [0.5, 0.6) is 0 Å². The summed E-state index contributed by atoms with van der Waals surface area (Å²) in [4.78, 5) is 23.6. The number of halogens is 1. The molecule has 0 bridgehead atoms. The number of pyridine rings is 1. The normalized spacial score (nSPS) is 12.3. The fourth-order valence-electron chi connectivity index (χ4n) is 3.82. The summed E-state index contributed by atoms with van der Waals surface area (Å²) in [6.07, 6.45) is 3.24. The molecule has 2 amide bonds. The minimum atomic E-state index is -0.522. The van der Waals surface area contributed by atoms with Gasteiger partial charge in [0.25, 0.3) is 0 Å². The summed E-state index contributed by atoms with van der Waals surface area (Å²) in [7, 11) is 0. The Morgan fingerprint density at radius 1 is 1.03 bits per heavy atom. The molecule has 34 heavy (non-hydrogen) atoms. The molecule has 0 aliphatic carbocycles. The van der Waals surface area contributed by atoms with Gasteiger partial charge in [0.15, 0.2) is 0 Å². The highest BCUT2D eigenvalue weighted by atomic mass is 35.5.